The topological polar surface area (TPSA) is 63.4 Å². The van der Waals surface area contributed by atoms with Crippen LogP contribution in [-0.2, 0) is 16.4 Å². The molecular formula is C13H12Br2N2O2S2. The summed E-state index contributed by atoms with van der Waals surface area (Å²) in [5.41, 5.74) is 8.16. The number of nitrogens with two attached hydrogens (primary N) is 1. The predicted molar refractivity (Wildman–Crippen MR) is 93.4 cm³/mol. The van der Waals surface area contributed by atoms with E-state index in [9.17, 15) is 8.42 Å². The molecule has 1 aliphatic heterocycles. The molecule has 112 valence electrons. The minimum absolute atomic E-state index is 0.295. The third kappa shape index (κ3) is 2.74. The Bertz CT molecular complexity index is 802. The van der Waals surface area contributed by atoms with Gasteiger partial charge in [-0.3, -0.25) is 4.31 Å². The highest BCUT2D eigenvalue weighted by Gasteiger charge is 2.31. The van der Waals surface area contributed by atoms with E-state index in [0.717, 1.165) is 27.9 Å². The van der Waals surface area contributed by atoms with Gasteiger partial charge in [0.1, 0.15) is 4.90 Å². The second-order valence-electron chi connectivity index (χ2n) is 4.76. The minimum atomic E-state index is -3.57. The average Bonchev–Trinajstić information content (AvgIpc) is 2.77. The van der Waals surface area contributed by atoms with Gasteiger partial charge in [0.15, 0.2) is 0 Å². The van der Waals surface area contributed by atoms with Gasteiger partial charge in [-0.15, -0.1) is 11.3 Å². The van der Waals surface area contributed by atoms with E-state index in [1.54, 1.807) is 18.2 Å². The highest BCUT2D eigenvalue weighted by Crippen LogP contribution is 2.39. The van der Waals surface area contributed by atoms with Crippen LogP contribution in [0, 0.1) is 0 Å². The molecule has 4 nitrogen and oxygen atoms in total. The molecule has 0 saturated heterocycles. The number of benzene rings is 1. The summed E-state index contributed by atoms with van der Waals surface area (Å²) in [5, 5.41) is 0. The molecule has 8 heteroatoms. The number of fused-ring (bicyclic) bond motifs is 1. The Morgan fingerprint density at radius 3 is 2.67 bits per heavy atom. The van der Waals surface area contributed by atoms with Crippen LogP contribution in [-0.4, -0.2) is 15.0 Å². The van der Waals surface area contributed by atoms with Crippen molar-refractivity contribution >= 4 is 64.6 Å². The third-order valence-corrected chi connectivity index (χ3v) is 7.94. The van der Waals surface area contributed by atoms with Gasteiger partial charge < -0.3 is 5.73 Å². The first kappa shape index (κ1) is 15.3. The lowest BCUT2D eigenvalue weighted by molar-refractivity contribution is 0.586. The van der Waals surface area contributed by atoms with Crippen LogP contribution in [0.2, 0.25) is 0 Å². The molecule has 1 aromatic heterocycles. The first-order chi connectivity index (χ1) is 9.89. The van der Waals surface area contributed by atoms with E-state index in [-0.39, 0.29) is 0 Å². The van der Waals surface area contributed by atoms with E-state index in [1.165, 1.54) is 15.6 Å². The zero-order chi connectivity index (χ0) is 15.2. The Hall–Kier alpha value is -0.570. The number of aryl methyl sites for hydroxylation is 1. The Balaban J connectivity index is 2.12. The van der Waals surface area contributed by atoms with Crippen LogP contribution in [0.15, 0.2) is 36.7 Å². The molecule has 21 heavy (non-hydrogen) atoms. The summed E-state index contributed by atoms with van der Waals surface area (Å²) in [4.78, 5) is 0.295. The predicted octanol–water partition coefficient (Wildman–Crippen LogP) is 4.00. The first-order valence-electron chi connectivity index (χ1n) is 6.25. The van der Waals surface area contributed by atoms with Gasteiger partial charge in [-0.2, -0.15) is 0 Å². The van der Waals surface area contributed by atoms with Crippen LogP contribution >= 0.6 is 43.2 Å². The van der Waals surface area contributed by atoms with Crippen molar-refractivity contribution in [2.45, 2.75) is 17.7 Å². The van der Waals surface area contributed by atoms with Crippen LogP contribution in [0.4, 0.5) is 11.4 Å². The molecular weight excluding hydrogens is 440 g/mol. The molecule has 3 rings (SSSR count). The molecule has 0 unspecified atom stereocenters. The van der Waals surface area contributed by atoms with Gasteiger partial charge in [0.05, 0.1) is 13.3 Å². The van der Waals surface area contributed by atoms with Crippen LogP contribution in [0.5, 0.6) is 0 Å². The monoisotopic (exact) mass is 450 g/mol. The SMILES string of the molecule is Nc1ccc2c(c1)CCCN2S(=O)(=O)c1cc(Br)sc1Br. The number of rotatable bonds is 2. The summed E-state index contributed by atoms with van der Waals surface area (Å²) >= 11 is 8.01. The fourth-order valence-electron chi connectivity index (χ4n) is 2.45. The van der Waals surface area contributed by atoms with Crippen molar-refractivity contribution in [3.63, 3.8) is 0 Å². The Labute approximate surface area is 144 Å². The number of hydrogen-bond donors (Lipinski definition) is 1. The molecule has 0 amide bonds. The van der Waals surface area contributed by atoms with E-state index in [4.69, 9.17) is 5.73 Å². The lowest BCUT2D eigenvalue weighted by atomic mass is 10.0. The van der Waals surface area contributed by atoms with Gasteiger partial charge in [0, 0.05) is 12.2 Å². The smallest absolute Gasteiger partial charge is 0.266 e. The molecule has 1 aliphatic rings. The number of thiophene rings is 1. The molecule has 2 aromatic rings. The number of halogens is 2. The van der Waals surface area contributed by atoms with Crippen molar-refractivity contribution in [3.05, 3.63) is 37.4 Å². The Morgan fingerprint density at radius 2 is 2.00 bits per heavy atom. The van der Waals surface area contributed by atoms with E-state index in [1.807, 2.05) is 6.07 Å². The van der Waals surface area contributed by atoms with Crippen molar-refractivity contribution in [1.29, 1.82) is 0 Å². The number of nitrogens with zero attached hydrogens (tertiary/aromatic N) is 1. The van der Waals surface area contributed by atoms with Crippen LogP contribution in [0.25, 0.3) is 0 Å². The largest absolute Gasteiger partial charge is 0.399 e. The molecule has 0 fully saturated rings. The maximum atomic E-state index is 12.9. The van der Waals surface area contributed by atoms with Crippen LogP contribution < -0.4 is 10.0 Å². The summed E-state index contributed by atoms with van der Waals surface area (Å²) in [6.45, 7) is 0.485. The van der Waals surface area contributed by atoms with Crippen LogP contribution in [0.3, 0.4) is 0 Å². The van der Waals surface area contributed by atoms with Gasteiger partial charge in [-0.1, -0.05) is 0 Å². The number of sulfonamides is 1. The van der Waals surface area contributed by atoms with Crippen LogP contribution in [0.1, 0.15) is 12.0 Å². The molecule has 0 bridgehead atoms. The standard InChI is InChI=1S/C13H12Br2N2O2S2/c14-12-7-11(13(15)20-12)21(18,19)17-5-1-2-8-6-9(16)3-4-10(8)17/h3-4,6-7H,1-2,5,16H2. The number of anilines is 2. The third-order valence-electron chi connectivity index (χ3n) is 3.37. The van der Waals surface area contributed by atoms with E-state index in [2.05, 4.69) is 31.9 Å². The average molecular weight is 452 g/mol. The van der Waals surface area contributed by atoms with Gasteiger partial charge in [0.2, 0.25) is 0 Å². The van der Waals surface area contributed by atoms with Crippen molar-refractivity contribution in [2.24, 2.45) is 0 Å². The molecule has 0 atom stereocenters. The van der Waals surface area contributed by atoms with Gasteiger partial charge in [-0.25, -0.2) is 8.42 Å². The summed E-state index contributed by atoms with van der Waals surface area (Å²) in [7, 11) is -3.57. The molecule has 2 heterocycles. The van der Waals surface area contributed by atoms with Crippen molar-refractivity contribution < 1.29 is 8.42 Å². The molecule has 0 saturated carbocycles. The summed E-state index contributed by atoms with van der Waals surface area (Å²) < 4.78 is 28.7. The highest BCUT2D eigenvalue weighted by molar-refractivity contribution is 9.12. The molecule has 1 aromatic carbocycles. The minimum Gasteiger partial charge on any atom is -0.399 e. The molecule has 0 aliphatic carbocycles. The Morgan fingerprint density at radius 1 is 1.24 bits per heavy atom. The lowest BCUT2D eigenvalue weighted by Gasteiger charge is -2.30. The number of nitrogen functional groups attached to an aromatic ring is 1. The second-order valence-corrected chi connectivity index (χ2v) is 10.3. The summed E-state index contributed by atoms with van der Waals surface area (Å²) in [6, 6.07) is 7.02. The van der Waals surface area contributed by atoms with Crippen molar-refractivity contribution in [1.82, 2.24) is 0 Å². The Kier molecular flexibility index (Phi) is 4.06. The number of hydrogen-bond acceptors (Lipinski definition) is 4. The normalized spacial score (nSPS) is 15.0. The van der Waals surface area contributed by atoms with E-state index >= 15 is 0 Å². The van der Waals surface area contributed by atoms with Crippen molar-refractivity contribution in [2.75, 3.05) is 16.6 Å². The zero-order valence-corrected chi connectivity index (χ0v) is 15.6. The highest BCUT2D eigenvalue weighted by atomic mass is 79.9. The fraction of sp³-hybridized carbons (Fsp3) is 0.231. The molecule has 0 spiro atoms. The van der Waals surface area contributed by atoms with Gasteiger partial charge in [-0.05, 0) is 74.5 Å². The lowest BCUT2D eigenvalue weighted by Crippen LogP contribution is -2.35. The first-order valence-corrected chi connectivity index (χ1v) is 10.1. The fourth-order valence-corrected chi connectivity index (χ4v) is 7.76. The molecule has 0 radical (unpaired) electrons. The van der Waals surface area contributed by atoms with E-state index in [0.29, 0.717) is 20.9 Å². The summed E-state index contributed by atoms with van der Waals surface area (Å²) in [6.07, 6.45) is 1.64. The maximum Gasteiger partial charge on any atom is 0.266 e. The quantitative estimate of drug-likeness (QED) is 0.702. The zero-order valence-electron chi connectivity index (χ0n) is 10.8. The maximum absolute atomic E-state index is 12.9. The van der Waals surface area contributed by atoms with E-state index < -0.39 is 10.0 Å². The molecule has 2 N–H and O–H groups in total. The van der Waals surface area contributed by atoms with Gasteiger partial charge >= 0.3 is 0 Å². The second kappa shape index (κ2) is 5.57. The van der Waals surface area contributed by atoms with Gasteiger partial charge in [0.25, 0.3) is 10.0 Å². The van der Waals surface area contributed by atoms with Crippen molar-refractivity contribution in [3.8, 4) is 0 Å². The summed E-state index contributed by atoms with van der Waals surface area (Å²) in [5.74, 6) is 0.